The van der Waals surface area contributed by atoms with Crippen LogP contribution in [0.1, 0.15) is 18.3 Å². The second-order valence-corrected chi connectivity index (χ2v) is 3.24. The average molecular weight is 197 g/mol. The summed E-state index contributed by atoms with van der Waals surface area (Å²) in [5.74, 6) is 0.834. The molecule has 2 rings (SSSR count). The van der Waals surface area contributed by atoms with Gasteiger partial charge in [0.25, 0.3) is 0 Å². The molecule has 0 saturated carbocycles. The van der Waals surface area contributed by atoms with Gasteiger partial charge in [-0.15, -0.1) is 10.2 Å². The fourth-order valence-corrected chi connectivity index (χ4v) is 1.49. The highest BCUT2D eigenvalue weighted by atomic mass is 35.5. The molecule has 4 nitrogen and oxygen atoms in total. The molecule has 0 aromatic carbocycles. The van der Waals surface area contributed by atoms with E-state index in [4.69, 9.17) is 11.6 Å². The summed E-state index contributed by atoms with van der Waals surface area (Å²) in [4.78, 5) is 0. The molecular formula is C8H9ClN4. The maximum atomic E-state index is 5.82. The van der Waals surface area contributed by atoms with E-state index in [1.54, 1.807) is 10.6 Å². The zero-order chi connectivity index (χ0) is 9.42. The highest BCUT2D eigenvalue weighted by molar-refractivity contribution is 6.29. The summed E-state index contributed by atoms with van der Waals surface area (Å²) in [6, 6.07) is 1.78. The Hall–Kier alpha value is -1.16. The lowest BCUT2D eigenvalue weighted by atomic mass is 10.3. The van der Waals surface area contributed by atoms with Crippen molar-refractivity contribution >= 4 is 17.2 Å². The van der Waals surface area contributed by atoms with Crippen molar-refractivity contribution in [2.75, 3.05) is 0 Å². The Morgan fingerprint density at radius 2 is 2.23 bits per heavy atom. The number of rotatable bonds is 1. The van der Waals surface area contributed by atoms with E-state index in [2.05, 4.69) is 15.3 Å². The van der Waals surface area contributed by atoms with Crippen molar-refractivity contribution in [3.63, 3.8) is 0 Å². The van der Waals surface area contributed by atoms with Crippen LogP contribution in [-0.4, -0.2) is 19.8 Å². The van der Waals surface area contributed by atoms with Gasteiger partial charge in [-0.25, -0.2) is 0 Å². The summed E-state index contributed by atoms with van der Waals surface area (Å²) >= 11 is 5.82. The van der Waals surface area contributed by atoms with Gasteiger partial charge in [0.2, 0.25) is 0 Å². The Bertz CT molecular complexity index is 449. The third-order valence-electron chi connectivity index (χ3n) is 1.91. The van der Waals surface area contributed by atoms with Gasteiger partial charge in [-0.05, 0) is 18.6 Å². The lowest BCUT2D eigenvalue weighted by molar-refractivity contribution is 0.821. The van der Waals surface area contributed by atoms with Gasteiger partial charge < -0.3 is 0 Å². The van der Waals surface area contributed by atoms with Gasteiger partial charge >= 0.3 is 0 Å². The van der Waals surface area contributed by atoms with Crippen molar-refractivity contribution in [3.05, 3.63) is 22.6 Å². The van der Waals surface area contributed by atoms with Crippen LogP contribution in [0.15, 0.2) is 6.07 Å². The topological polar surface area (TPSA) is 43.1 Å². The first-order chi connectivity index (χ1) is 6.22. The minimum atomic E-state index is 0.472. The normalized spacial score (nSPS) is 11.0. The molecule has 0 spiro atoms. The van der Waals surface area contributed by atoms with E-state index < -0.39 is 0 Å². The fraction of sp³-hybridized carbons (Fsp3) is 0.375. The molecule has 0 aliphatic rings. The predicted molar refractivity (Wildman–Crippen MR) is 49.9 cm³/mol. The zero-order valence-corrected chi connectivity index (χ0v) is 8.21. The van der Waals surface area contributed by atoms with Crippen LogP contribution >= 0.6 is 11.6 Å². The highest BCUT2D eigenvalue weighted by Crippen LogP contribution is 2.12. The Labute approximate surface area is 80.5 Å². The summed E-state index contributed by atoms with van der Waals surface area (Å²) in [7, 11) is 0. The first-order valence-electron chi connectivity index (χ1n) is 4.10. The second kappa shape index (κ2) is 2.96. The number of aromatic nitrogens is 4. The lowest BCUT2D eigenvalue weighted by Crippen LogP contribution is -1.98. The quantitative estimate of drug-likeness (QED) is 0.697. The summed E-state index contributed by atoms with van der Waals surface area (Å²) in [5, 5.41) is 12.6. The number of nitrogens with zero attached hydrogens (tertiary/aromatic N) is 4. The molecule has 5 heteroatoms. The molecule has 0 fully saturated rings. The number of fused-ring (bicyclic) bond motifs is 1. The largest absolute Gasteiger partial charge is 0.196 e. The van der Waals surface area contributed by atoms with Gasteiger partial charge in [-0.3, -0.25) is 0 Å². The van der Waals surface area contributed by atoms with E-state index in [0.717, 1.165) is 23.5 Å². The summed E-state index contributed by atoms with van der Waals surface area (Å²) < 4.78 is 1.69. The van der Waals surface area contributed by atoms with Crippen molar-refractivity contribution in [2.45, 2.75) is 20.3 Å². The van der Waals surface area contributed by atoms with Crippen molar-refractivity contribution < 1.29 is 0 Å². The Morgan fingerprint density at radius 1 is 1.46 bits per heavy atom. The molecule has 0 radical (unpaired) electrons. The molecule has 0 aliphatic heterocycles. The highest BCUT2D eigenvalue weighted by Gasteiger charge is 2.07. The number of aryl methyl sites for hydroxylation is 2. The third kappa shape index (κ3) is 1.27. The van der Waals surface area contributed by atoms with Crippen LogP contribution in [0.25, 0.3) is 5.65 Å². The molecule has 2 aromatic heterocycles. The lowest BCUT2D eigenvalue weighted by Gasteiger charge is -1.98. The number of hydrogen-bond acceptors (Lipinski definition) is 3. The zero-order valence-electron chi connectivity index (χ0n) is 7.45. The Balaban J connectivity index is 2.82. The molecular weight excluding hydrogens is 188 g/mol. The SMILES string of the molecule is CCc1nnc2c(C)cc(Cl)nn12. The van der Waals surface area contributed by atoms with Crippen LogP contribution in [0.2, 0.25) is 5.15 Å². The summed E-state index contributed by atoms with van der Waals surface area (Å²) in [5.41, 5.74) is 1.77. The first-order valence-corrected chi connectivity index (χ1v) is 4.47. The van der Waals surface area contributed by atoms with E-state index in [9.17, 15) is 0 Å². The first kappa shape index (κ1) is 8.44. The van der Waals surface area contributed by atoms with Gasteiger partial charge in [0, 0.05) is 6.42 Å². The summed E-state index contributed by atoms with van der Waals surface area (Å²) in [6.07, 6.45) is 0.800. The maximum Gasteiger partial charge on any atom is 0.180 e. The molecule has 68 valence electrons. The van der Waals surface area contributed by atoms with Crippen molar-refractivity contribution in [1.29, 1.82) is 0 Å². The molecule has 0 amide bonds. The molecule has 2 aromatic rings. The van der Waals surface area contributed by atoms with Crippen LogP contribution in [-0.2, 0) is 6.42 Å². The third-order valence-corrected chi connectivity index (χ3v) is 2.09. The minimum Gasteiger partial charge on any atom is -0.196 e. The fourth-order valence-electron chi connectivity index (χ4n) is 1.25. The second-order valence-electron chi connectivity index (χ2n) is 2.86. The van der Waals surface area contributed by atoms with E-state index in [1.807, 2.05) is 13.8 Å². The molecule has 0 bridgehead atoms. The smallest absolute Gasteiger partial charge is 0.180 e. The van der Waals surface area contributed by atoms with E-state index in [0.29, 0.717) is 5.15 Å². The van der Waals surface area contributed by atoms with Crippen LogP contribution in [0.3, 0.4) is 0 Å². The number of halogens is 1. The van der Waals surface area contributed by atoms with Crippen LogP contribution < -0.4 is 0 Å². The van der Waals surface area contributed by atoms with E-state index >= 15 is 0 Å². The molecule has 0 atom stereocenters. The standard InChI is InChI=1S/C8H9ClN4/c1-3-7-10-11-8-5(2)4-6(9)12-13(7)8/h4H,3H2,1-2H3. The van der Waals surface area contributed by atoms with Crippen LogP contribution in [0, 0.1) is 6.92 Å². The Kier molecular flexibility index (Phi) is 1.92. The van der Waals surface area contributed by atoms with Gasteiger partial charge in [0.1, 0.15) is 0 Å². The number of hydrogen-bond donors (Lipinski definition) is 0. The summed E-state index contributed by atoms with van der Waals surface area (Å²) in [6.45, 7) is 3.95. The van der Waals surface area contributed by atoms with E-state index in [-0.39, 0.29) is 0 Å². The van der Waals surface area contributed by atoms with E-state index in [1.165, 1.54) is 0 Å². The Morgan fingerprint density at radius 3 is 2.92 bits per heavy atom. The van der Waals surface area contributed by atoms with Gasteiger partial charge in [-0.1, -0.05) is 18.5 Å². The molecule has 0 unspecified atom stereocenters. The van der Waals surface area contributed by atoms with Gasteiger partial charge in [-0.2, -0.15) is 9.61 Å². The van der Waals surface area contributed by atoms with Crippen molar-refractivity contribution in [3.8, 4) is 0 Å². The van der Waals surface area contributed by atoms with Crippen LogP contribution in [0.5, 0.6) is 0 Å². The molecule has 0 saturated heterocycles. The van der Waals surface area contributed by atoms with Crippen LogP contribution in [0.4, 0.5) is 0 Å². The molecule has 0 aliphatic carbocycles. The van der Waals surface area contributed by atoms with Crippen molar-refractivity contribution in [2.24, 2.45) is 0 Å². The monoisotopic (exact) mass is 196 g/mol. The minimum absolute atomic E-state index is 0.472. The van der Waals surface area contributed by atoms with Gasteiger partial charge in [0.05, 0.1) is 0 Å². The maximum absolute atomic E-state index is 5.82. The van der Waals surface area contributed by atoms with Gasteiger partial charge in [0.15, 0.2) is 16.6 Å². The molecule has 13 heavy (non-hydrogen) atoms. The van der Waals surface area contributed by atoms with Crippen molar-refractivity contribution in [1.82, 2.24) is 19.8 Å². The predicted octanol–water partition coefficient (Wildman–Crippen LogP) is 1.65. The average Bonchev–Trinajstić information content (AvgIpc) is 2.47. The molecule has 2 heterocycles. The molecule has 0 N–H and O–H groups in total.